The van der Waals surface area contributed by atoms with Crippen LogP contribution in [-0.2, 0) is 0 Å². The maximum Gasteiger partial charge on any atom is 0.0430 e. The first-order valence-corrected chi connectivity index (χ1v) is 5.66. The number of aryl methyl sites for hydroxylation is 2. The molecule has 0 atom stereocenters. The zero-order valence-electron chi connectivity index (χ0n) is 11.1. The van der Waals surface area contributed by atoms with E-state index in [1.165, 1.54) is 27.9 Å². The molecule has 0 spiro atoms. The van der Waals surface area contributed by atoms with Crippen molar-refractivity contribution < 1.29 is 0 Å². The molecule has 1 nitrogen and oxygen atoms in total. The summed E-state index contributed by atoms with van der Waals surface area (Å²) in [5.41, 5.74) is 7.01. The molecular formula is C14H23N. The molecule has 0 saturated carbocycles. The second-order valence-corrected chi connectivity index (χ2v) is 4.81. The molecule has 0 radical (unpaired) electrons. The largest absolute Gasteiger partial charge is 0.372 e. The fourth-order valence-corrected chi connectivity index (χ4v) is 1.98. The van der Waals surface area contributed by atoms with Crippen LogP contribution in [0.3, 0.4) is 0 Å². The maximum absolute atomic E-state index is 2.37. The summed E-state index contributed by atoms with van der Waals surface area (Å²) in [7, 11) is 2.18. The second-order valence-electron chi connectivity index (χ2n) is 4.81. The third-order valence-corrected chi connectivity index (χ3v) is 3.45. The normalized spacial score (nSPS) is 10.9. The quantitative estimate of drug-likeness (QED) is 0.710. The van der Waals surface area contributed by atoms with E-state index >= 15 is 0 Å². The second kappa shape index (κ2) is 4.26. The van der Waals surface area contributed by atoms with Gasteiger partial charge in [-0.1, -0.05) is 6.07 Å². The van der Waals surface area contributed by atoms with Crippen LogP contribution in [-0.4, -0.2) is 13.1 Å². The summed E-state index contributed by atoms with van der Waals surface area (Å²) in [4.78, 5) is 2.37. The van der Waals surface area contributed by atoms with Crippen molar-refractivity contribution in [2.75, 3.05) is 11.9 Å². The summed E-state index contributed by atoms with van der Waals surface area (Å²) in [5.74, 6) is 0. The Morgan fingerprint density at radius 2 is 1.33 bits per heavy atom. The number of hydrogen-bond donors (Lipinski definition) is 0. The molecule has 1 heteroatoms. The summed E-state index contributed by atoms with van der Waals surface area (Å²) < 4.78 is 0. The van der Waals surface area contributed by atoms with Gasteiger partial charge in [-0.2, -0.15) is 0 Å². The number of anilines is 1. The minimum absolute atomic E-state index is 0.545. The van der Waals surface area contributed by atoms with Gasteiger partial charge < -0.3 is 4.90 Å². The van der Waals surface area contributed by atoms with Crippen molar-refractivity contribution in [1.82, 2.24) is 0 Å². The molecule has 0 bridgehead atoms. The van der Waals surface area contributed by atoms with Crippen LogP contribution in [0.4, 0.5) is 5.69 Å². The zero-order valence-corrected chi connectivity index (χ0v) is 11.1. The molecule has 0 saturated heterocycles. The SMILES string of the molecule is Cc1cc(C)c(C)c(N(C)C(C)C)c1C. The summed E-state index contributed by atoms with van der Waals surface area (Å²) in [6.45, 7) is 13.3. The Balaban J connectivity index is 3.39. The van der Waals surface area contributed by atoms with Gasteiger partial charge in [0.25, 0.3) is 0 Å². The minimum atomic E-state index is 0.545. The molecule has 0 fully saturated rings. The molecule has 1 rings (SSSR count). The molecule has 0 N–H and O–H groups in total. The first kappa shape index (κ1) is 12.1. The molecule has 1 aromatic rings. The Kier molecular flexibility index (Phi) is 3.43. The predicted octanol–water partition coefficient (Wildman–Crippen LogP) is 3.76. The van der Waals surface area contributed by atoms with Crippen LogP contribution in [0.15, 0.2) is 6.07 Å². The van der Waals surface area contributed by atoms with Gasteiger partial charge in [0.1, 0.15) is 0 Å². The van der Waals surface area contributed by atoms with Crippen molar-refractivity contribution in [3.05, 3.63) is 28.3 Å². The van der Waals surface area contributed by atoms with Gasteiger partial charge >= 0.3 is 0 Å². The molecule has 0 aliphatic carbocycles. The Morgan fingerprint density at radius 1 is 0.933 bits per heavy atom. The highest BCUT2D eigenvalue weighted by Crippen LogP contribution is 2.30. The summed E-state index contributed by atoms with van der Waals surface area (Å²) in [6, 6.07) is 2.83. The van der Waals surface area contributed by atoms with Gasteiger partial charge in [-0.15, -0.1) is 0 Å². The van der Waals surface area contributed by atoms with Gasteiger partial charge in [-0.05, 0) is 63.8 Å². The Bertz CT molecular complexity index is 338. The van der Waals surface area contributed by atoms with Crippen molar-refractivity contribution in [2.45, 2.75) is 47.6 Å². The van der Waals surface area contributed by atoms with Gasteiger partial charge in [0.2, 0.25) is 0 Å². The van der Waals surface area contributed by atoms with Crippen LogP contribution in [0.25, 0.3) is 0 Å². The van der Waals surface area contributed by atoms with Crippen molar-refractivity contribution in [3.8, 4) is 0 Å². The van der Waals surface area contributed by atoms with Crippen molar-refractivity contribution in [2.24, 2.45) is 0 Å². The van der Waals surface area contributed by atoms with Gasteiger partial charge in [-0.3, -0.25) is 0 Å². The van der Waals surface area contributed by atoms with E-state index in [2.05, 4.69) is 59.6 Å². The number of hydrogen-bond acceptors (Lipinski definition) is 1. The molecule has 0 heterocycles. The molecule has 0 aliphatic rings. The fraction of sp³-hybridized carbons (Fsp3) is 0.571. The Morgan fingerprint density at radius 3 is 1.67 bits per heavy atom. The van der Waals surface area contributed by atoms with E-state index < -0.39 is 0 Å². The third-order valence-electron chi connectivity index (χ3n) is 3.45. The molecule has 15 heavy (non-hydrogen) atoms. The highest BCUT2D eigenvalue weighted by Gasteiger charge is 2.13. The standard InChI is InChI=1S/C14H23N/c1-9(2)15(7)14-12(5)10(3)8-11(4)13(14)6/h8-9H,1-7H3. The van der Waals surface area contributed by atoms with E-state index in [4.69, 9.17) is 0 Å². The van der Waals surface area contributed by atoms with Crippen LogP contribution in [0.5, 0.6) is 0 Å². The summed E-state index contributed by atoms with van der Waals surface area (Å²) >= 11 is 0. The lowest BCUT2D eigenvalue weighted by Gasteiger charge is -2.29. The van der Waals surface area contributed by atoms with Gasteiger partial charge in [0.05, 0.1) is 0 Å². The average molecular weight is 205 g/mol. The molecular weight excluding hydrogens is 182 g/mol. The molecule has 0 aromatic heterocycles. The van der Waals surface area contributed by atoms with E-state index in [0.717, 1.165) is 0 Å². The lowest BCUT2D eigenvalue weighted by molar-refractivity contribution is 0.748. The lowest BCUT2D eigenvalue weighted by Crippen LogP contribution is -2.27. The van der Waals surface area contributed by atoms with Gasteiger partial charge in [0.15, 0.2) is 0 Å². The molecule has 0 amide bonds. The van der Waals surface area contributed by atoms with Crippen molar-refractivity contribution in [3.63, 3.8) is 0 Å². The Labute approximate surface area is 94.1 Å². The van der Waals surface area contributed by atoms with Gasteiger partial charge in [-0.25, -0.2) is 0 Å². The topological polar surface area (TPSA) is 3.24 Å². The average Bonchev–Trinajstić information content (AvgIpc) is 2.15. The highest BCUT2D eigenvalue weighted by atomic mass is 15.1. The minimum Gasteiger partial charge on any atom is -0.372 e. The molecule has 84 valence electrons. The first-order chi connectivity index (χ1) is 6.86. The molecule has 1 aromatic carbocycles. The molecule has 0 unspecified atom stereocenters. The van der Waals surface area contributed by atoms with Crippen molar-refractivity contribution >= 4 is 5.69 Å². The lowest BCUT2D eigenvalue weighted by atomic mass is 9.97. The monoisotopic (exact) mass is 205 g/mol. The maximum atomic E-state index is 2.37. The number of nitrogens with zero attached hydrogens (tertiary/aromatic N) is 1. The van der Waals surface area contributed by atoms with Crippen LogP contribution < -0.4 is 4.90 Å². The fourth-order valence-electron chi connectivity index (χ4n) is 1.98. The predicted molar refractivity (Wildman–Crippen MR) is 68.9 cm³/mol. The Hall–Kier alpha value is -0.980. The van der Waals surface area contributed by atoms with E-state index in [-0.39, 0.29) is 0 Å². The van der Waals surface area contributed by atoms with Crippen LogP contribution >= 0.6 is 0 Å². The zero-order chi connectivity index (χ0) is 11.7. The van der Waals surface area contributed by atoms with Gasteiger partial charge in [0, 0.05) is 18.8 Å². The molecule has 0 aliphatic heterocycles. The van der Waals surface area contributed by atoms with Crippen LogP contribution in [0.2, 0.25) is 0 Å². The van der Waals surface area contributed by atoms with Crippen LogP contribution in [0, 0.1) is 27.7 Å². The number of rotatable bonds is 2. The summed E-state index contributed by atoms with van der Waals surface area (Å²) in [5, 5.41) is 0. The highest BCUT2D eigenvalue weighted by molar-refractivity contribution is 5.63. The summed E-state index contributed by atoms with van der Waals surface area (Å²) in [6.07, 6.45) is 0. The van der Waals surface area contributed by atoms with E-state index in [1.807, 2.05) is 0 Å². The third kappa shape index (κ3) is 2.17. The number of benzene rings is 1. The van der Waals surface area contributed by atoms with Crippen molar-refractivity contribution in [1.29, 1.82) is 0 Å². The first-order valence-electron chi connectivity index (χ1n) is 5.66. The van der Waals surface area contributed by atoms with E-state index in [0.29, 0.717) is 6.04 Å². The van der Waals surface area contributed by atoms with E-state index in [1.54, 1.807) is 0 Å². The van der Waals surface area contributed by atoms with Crippen LogP contribution in [0.1, 0.15) is 36.1 Å². The van der Waals surface area contributed by atoms with E-state index in [9.17, 15) is 0 Å². The smallest absolute Gasteiger partial charge is 0.0430 e.